The minimum absolute atomic E-state index is 0.0160. The van der Waals surface area contributed by atoms with Gasteiger partial charge in [-0.05, 0) is 132 Å². The molecule has 10 atom stereocenters. The van der Waals surface area contributed by atoms with Crippen molar-refractivity contribution in [3.63, 3.8) is 0 Å². The van der Waals surface area contributed by atoms with Crippen LogP contribution in [-0.4, -0.2) is 162 Å². The maximum absolute atomic E-state index is 14.9. The van der Waals surface area contributed by atoms with Gasteiger partial charge in [0.2, 0.25) is 59.1 Å². The van der Waals surface area contributed by atoms with Crippen molar-refractivity contribution in [3.8, 4) is 0 Å². The number of rotatable bonds is 42. The van der Waals surface area contributed by atoms with Crippen LogP contribution in [0.2, 0.25) is 0 Å². The quantitative estimate of drug-likeness (QED) is 0.0202. The van der Waals surface area contributed by atoms with E-state index in [1.807, 2.05) is 73.6 Å². The summed E-state index contributed by atoms with van der Waals surface area (Å²) in [5.74, 6) is -8.21. The van der Waals surface area contributed by atoms with Crippen LogP contribution in [0.4, 0.5) is 0 Å². The van der Waals surface area contributed by atoms with Gasteiger partial charge in [0.05, 0.1) is 12.6 Å². The van der Waals surface area contributed by atoms with Gasteiger partial charge in [-0.1, -0.05) is 73.6 Å². The SMILES string of the molecule is CC(C)C[C@H](NC(=O)[C@H](CC(C)C)NC(=O)[C@@H](NC(=O)[C@H](CCCCN)NC(=O)[C@H](Cc1c[nH]c2ccccc12)NC(=O)[C@H](CCCN=C(N)N)NC(=O)[C@H](CCCCN)NC(=O)[C@H](CC(C)C)NC(=O)[C@H](CC(C)C)NC(=O)CN)[C@@H](C)O)C(N)=O. The number of nitrogens with zero attached hydrogens (tertiary/aromatic N) is 1. The Labute approximate surface area is 511 Å². The Morgan fingerprint density at radius 1 is 0.471 bits per heavy atom. The highest BCUT2D eigenvalue weighted by molar-refractivity contribution is 5.99. The summed E-state index contributed by atoms with van der Waals surface area (Å²) >= 11 is 0. The topological polar surface area (TPSA) is 483 Å². The molecule has 28 nitrogen and oxygen atoms in total. The summed E-state index contributed by atoms with van der Waals surface area (Å²) in [5.41, 5.74) is 35.4. The van der Waals surface area contributed by atoms with Crippen molar-refractivity contribution >= 4 is 75.9 Å². The first kappa shape index (κ1) is 75.7. The number of nitrogens with one attached hydrogen (secondary N) is 10. The van der Waals surface area contributed by atoms with Crippen LogP contribution in [0.25, 0.3) is 10.9 Å². The maximum Gasteiger partial charge on any atom is 0.245 e. The van der Waals surface area contributed by atoms with E-state index in [1.54, 1.807) is 12.3 Å². The van der Waals surface area contributed by atoms with Gasteiger partial charge in [0, 0.05) is 30.1 Å². The average molecular weight is 1230 g/mol. The molecule has 490 valence electrons. The Morgan fingerprint density at radius 2 is 0.851 bits per heavy atom. The molecule has 1 heterocycles. The number of hydrogen-bond acceptors (Lipinski definition) is 15. The number of unbranched alkanes of at least 4 members (excludes halogenated alkanes) is 2. The Bertz CT molecular complexity index is 2570. The van der Waals surface area contributed by atoms with E-state index in [-0.39, 0.29) is 114 Å². The second-order valence-corrected chi connectivity index (χ2v) is 24.0. The summed E-state index contributed by atoms with van der Waals surface area (Å²) in [4.78, 5) is 146. The van der Waals surface area contributed by atoms with Crippen LogP contribution in [0.5, 0.6) is 0 Å². The Hall–Kier alpha value is -7.43. The lowest BCUT2D eigenvalue weighted by molar-refractivity contribution is -0.137. The number of amides is 10. The van der Waals surface area contributed by atoms with Gasteiger partial charge in [-0.25, -0.2) is 0 Å². The molecule has 0 fully saturated rings. The number of H-pyrrole nitrogens is 1. The van der Waals surface area contributed by atoms with E-state index < -0.39 is 120 Å². The van der Waals surface area contributed by atoms with Gasteiger partial charge in [0.25, 0.3) is 0 Å². The zero-order valence-corrected chi connectivity index (χ0v) is 52.4. The third-order valence-electron chi connectivity index (χ3n) is 14.1. The highest BCUT2D eigenvalue weighted by Gasteiger charge is 2.37. The smallest absolute Gasteiger partial charge is 0.245 e. The average Bonchev–Trinajstić information content (AvgIpc) is 2.54. The summed E-state index contributed by atoms with van der Waals surface area (Å²) < 4.78 is 0. The second kappa shape index (κ2) is 39.4. The zero-order valence-electron chi connectivity index (χ0n) is 52.4. The van der Waals surface area contributed by atoms with Crippen molar-refractivity contribution in [2.75, 3.05) is 26.2 Å². The fraction of sp³-hybridized carbons (Fsp3) is 0.678. The fourth-order valence-electron chi connectivity index (χ4n) is 9.66. The van der Waals surface area contributed by atoms with Gasteiger partial charge in [0.1, 0.15) is 54.4 Å². The lowest BCUT2D eigenvalue weighted by atomic mass is 9.99. The van der Waals surface area contributed by atoms with Crippen molar-refractivity contribution in [1.29, 1.82) is 0 Å². The summed E-state index contributed by atoms with van der Waals surface area (Å²) in [6, 6.07) is -4.40. The van der Waals surface area contributed by atoms with Crippen molar-refractivity contribution in [2.24, 2.45) is 63.1 Å². The molecule has 2 rings (SSSR count). The number of aromatic amines is 1. The van der Waals surface area contributed by atoms with Gasteiger partial charge in [-0.3, -0.25) is 52.9 Å². The fourth-order valence-corrected chi connectivity index (χ4v) is 9.66. The lowest BCUT2D eigenvalue weighted by Gasteiger charge is -2.29. The number of guanidine groups is 1. The lowest BCUT2D eigenvalue weighted by Crippen LogP contribution is -2.62. The molecular formula is C59H103N17O11. The molecule has 0 spiro atoms. The molecular weight excluding hydrogens is 1120 g/mol. The number of para-hydroxylation sites is 1. The maximum atomic E-state index is 14.9. The first-order valence-corrected chi connectivity index (χ1v) is 30.4. The number of aromatic nitrogens is 1. The zero-order chi connectivity index (χ0) is 65.5. The highest BCUT2D eigenvalue weighted by atomic mass is 16.3. The molecule has 0 unspecified atom stereocenters. The van der Waals surface area contributed by atoms with Crippen LogP contribution >= 0.6 is 0 Å². The predicted octanol–water partition coefficient (Wildman–Crippen LogP) is -1.61. The van der Waals surface area contributed by atoms with Crippen LogP contribution in [0.15, 0.2) is 35.5 Å². The van der Waals surface area contributed by atoms with Crippen molar-refractivity contribution in [1.82, 2.24) is 52.8 Å². The van der Waals surface area contributed by atoms with Crippen LogP contribution in [0.1, 0.15) is 145 Å². The van der Waals surface area contributed by atoms with Gasteiger partial charge in [0.15, 0.2) is 5.96 Å². The van der Waals surface area contributed by atoms with Crippen LogP contribution < -0.4 is 82.3 Å². The van der Waals surface area contributed by atoms with E-state index in [1.165, 1.54) is 6.92 Å². The van der Waals surface area contributed by atoms with Crippen molar-refractivity contribution in [3.05, 3.63) is 36.0 Å². The van der Waals surface area contributed by atoms with E-state index in [2.05, 4.69) is 57.8 Å². The molecule has 28 heteroatoms. The van der Waals surface area contributed by atoms with E-state index in [0.717, 1.165) is 0 Å². The number of aliphatic hydroxyl groups is 1. The Balaban J connectivity index is 2.65. The number of benzene rings is 1. The predicted molar refractivity (Wildman–Crippen MR) is 333 cm³/mol. The third kappa shape index (κ3) is 28.3. The molecule has 0 saturated heterocycles. The molecule has 23 N–H and O–H groups in total. The number of fused-ring (bicyclic) bond motifs is 1. The molecule has 0 radical (unpaired) electrons. The number of primary amides is 1. The number of carbonyl (C=O) groups excluding carboxylic acids is 10. The van der Waals surface area contributed by atoms with Crippen LogP contribution in [-0.2, 0) is 54.4 Å². The van der Waals surface area contributed by atoms with E-state index >= 15 is 0 Å². The number of nitrogens with two attached hydrogens (primary N) is 6. The van der Waals surface area contributed by atoms with Crippen LogP contribution in [0, 0.1) is 23.7 Å². The number of hydrogen-bond donors (Lipinski definition) is 17. The molecule has 0 aliphatic rings. The Kier molecular flexibility index (Phi) is 34.2. The highest BCUT2D eigenvalue weighted by Crippen LogP contribution is 2.20. The van der Waals surface area contributed by atoms with E-state index in [4.69, 9.17) is 34.4 Å². The van der Waals surface area contributed by atoms with E-state index in [9.17, 15) is 53.1 Å². The van der Waals surface area contributed by atoms with Crippen LogP contribution in [0.3, 0.4) is 0 Å². The van der Waals surface area contributed by atoms with Crippen molar-refractivity contribution < 1.29 is 53.1 Å². The monoisotopic (exact) mass is 1230 g/mol. The Morgan fingerprint density at radius 3 is 1.29 bits per heavy atom. The molecule has 10 amide bonds. The minimum atomic E-state index is -1.66. The van der Waals surface area contributed by atoms with Gasteiger partial charge >= 0.3 is 0 Å². The molecule has 0 aliphatic heterocycles. The van der Waals surface area contributed by atoms with Crippen molar-refractivity contribution in [2.45, 2.75) is 206 Å². The summed E-state index contributed by atoms with van der Waals surface area (Å²) in [7, 11) is 0. The molecule has 1 aromatic heterocycles. The third-order valence-corrected chi connectivity index (χ3v) is 14.1. The van der Waals surface area contributed by atoms with Gasteiger partial charge in [-0.2, -0.15) is 0 Å². The number of aliphatic hydroxyl groups excluding tert-OH is 1. The molecule has 0 bridgehead atoms. The molecule has 2 aromatic rings. The second-order valence-electron chi connectivity index (χ2n) is 24.0. The van der Waals surface area contributed by atoms with Gasteiger partial charge < -0.3 is 92.3 Å². The first-order valence-electron chi connectivity index (χ1n) is 30.4. The number of aliphatic imine (C=N–C) groups is 1. The molecule has 0 saturated carbocycles. The minimum Gasteiger partial charge on any atom is -0.391 e. The first-order chi connectivity index (χ1) is 41.0. The summed E-state index contributed by atoms with van der Waals surface area (Å²) in [5, 5.41) is 36.0. The normalized spacial score (nSPS) is 14.9. The molecule has 87 heavy (non-hydrogen) atoms. The molecule has 0 aliphatic carbocycles. The largest absolute Gasteiger partial charge is 0.391 e. The number of carbonyl (C=O) groups is 10. The van der Waals surface area contributed by atoms with E-state index in [0.29, 0.717) is 42.1 Å². The standard InChI is InChI=1S/C59H103N17O11/c1-32(2)25-43(50(63)79)72-56(85)46(28-35(7)8)75-58(87)49(36(9)77)76-53(82)41(20-13-15-23-61)71-57(86)47(29-37-31-67-39-18-11-10-17-38(37)39)74-52(81)42(21-16-24-66-59(64)65)69-51(80)40(19-12-14-22-60)70-55(84)45(27-34(5)6)73-54(83)44(26-33(3)4)68-48(78)30-62/h10-11,17-18,31-36,40-47,49,67,77H,12-16,19-30,60-62H2,1-9H3,(H2,63,79)(H,68,78)(H,69,80)(H,70,84)(H,71,86)(H,72,85)(H,73,83)(H,74,81)(H,75,87)(H,76,82)(H4,64,65,66)/t36-,40+,41+,42+,43+,44+,45+,46+,47+,49+/m1/s1. The summed E-state index contributed by atoms with van der Waals surface area (Å²) in [6.07, 6.45) is 2.33. The molecule has 1 aromatic carbocycles. The summed E-state index contributed by atoms with van der Waals surface area (Å²) in [6.45, 7) is 16.2. The van der Waals surface area contributed by atoms with Gasteiger partial charge in [-0.15, -0.1) is 0 Å².